The first kappa shape index (κ1) is 13.7. The van der Waals surface area contributed by atoms with Gasteiger partial charge in [0, 0.05) is 13.0 Å². The molecule has 2 amide bonds. The van der Waals surface area contributed by atoms with Crippen LogP contribution >= 0.6 is 0 Å². The van der Waals surface area contributed by atoms with E-state index in [2.05, 4.69) is 10.6 Å². The zero-order valence-electron chi connectivity index (χ0n) is 11.7. The lowest BCUT2D eigenvalue weighted by molar-refractivity contribution is -0.125. The minimum Gasteiger partial charge on any atom is -0.486 e. The molecule has 21 heavy (non-hydrogen) atoms. The van der Waals surface area contributed by atoms with E-state index in [1.165, 1.54) is 0 Å². The van der Waals surface area contributed by atoms with Gasteiger partial charge in [-0.1, -0.05) is 6.07 Å². The van der Waals surface area contributed by atoms with Crippen LogP contribution in [0, 0.1) is 0 Å². The fraction of sp³-hybridized carbons (Fsp3) is 0.467. The van der Waals surface area contributed by atoms with Gasteiger partial charge in [0.2, 0.25) is 11.8 Å². The van der Waals surface area contributed by atoms with Crippen molar-refractivity contribution in [1.29, 1.82) is 0 Å². The molecule has 0 saturated carbocycles. The summed E-state index contributed by atoms with van der Waals surface area (Å²) in [5.41, 5.74) is 1.08. The number of benzene rings is 1. The summed E-state index contributed by atoms with van der Waals surface area (Å²) in [6, 6.07) is 5.43. The maximum atomic E-state index is 11.8. The molecule has 1 saturated heterocycles. The van der Waals surface area contributed by atoms with Crippen LogP contribution in [0.1, 0.15) is 18.4 Å². The van der Waals surface area contributed by atoms with E-state index >= 15 is 0 Å². The van der Waals surface area contributed by atoms with Crippen LogP contribution in [0.3, 0.4) is 0 Å². The molecule has 3 rings (SSSR count). The zero-order chi connectivity index (χ0) is 14.7. The first-order chi connectivity index (χ1) is 10.2. The topological polar surface area (TPSA) is 76.7 Å². The molecule has 0 aliphatic carbocycles. The highest BCUT2D eigenvalue weighted by Gasteiger charge is 2.26. The van der Waals surface area contributed by atoms with E-state index in [4.69, 9.17) is 9.47 Å². The van der Waals surface area contributed by atoms with Crippen molar-refractivity contribution in [2.75, 3.05) is 19.8 Å². The van der Waals surface area contributed by atoms with Gasteiger partial charge >= 0.3 is 0 Å². The summed E-state index contributed by atoms with van der Waals surface area (Å²) in [6.45, 7) is 1.68. The molecule has 2 N–H and O–H groups in total. The number of hydrogen-bond donors (Lipinski definition) is 2. The second-order valence-electron chi connectivity index (χ2n) is 5.18. The van der Waals surface area contributed by atoms with E-state index in [1.54, 1.807) is 0 Å². The fourth-order valence-corrected chi connectivity index (χ4v) is 2.51. The molecule has 1 aromatic carbocycles. The van der Waals surface area contributed by atoms with Crippen LogP contribution in [-0.4, -0.2) is 37.6 Å². The quantitative estimate of drug-likeness (QED) is 0.841. The van der Waals surface area contributed by atoms with E-state index in [-0.39, 0.29) is 17.9 Å². The molecule has 0 radical (unpaired) electrons. The van der Waals surface area contributed by atoms with Gasteiger partial charge in [-0.2, -0.15) is 0 Å². The molecule has 2 aliphatic rings. The smallest absolute Gasteiger partial charge is 0.242 e. The molecule has 0 bridgehead atoms. The van der Waals surface area contributed by atoms with Crippen LogP contribution < -0.4 is 20.1 Å². The Morgan fingerprint density at radius 2 is 2.10 bits per heavy atom. The molecule has 0 spiro atoms. The number of amides is 2. The maximum absolute atomic E-state index is 11.8. The summed E-state index contributed by atoms with van der Waals surface area (Å²) in [4.78, 5) is 22.9. The van der Waals surface area contributed by atoms with Gasteiger partial charge in [0.15, 0.2) is 11.5 Å². The summed E-state index contributed by atoms with van der Waals surface area (Å²) < 4.78 is 11.0. The van der Waals surface area contributed by atoms with Crippen molar-refractivity contribution in [1.82, 2.24) is 10.6 Å². The van der Waals surface area contributed by atoms with Crippen LogP contribution in [0.15, 0.2) is 18.2 Å². The highest BCUT2D eigenvalue weighted by Crippen LogP contribution is 2.30. The lowest BCUT2D eigenvalue weighted by Gasteiger charge is -2.19. The van der Waals surface area contributed by atoms with Gasteiger partial charge in [-0.3, -0.25) is 9.59 Å². The van der Waals surface area contributed by atoms with E-state index in [9.17, 15) is 9.59 Å². The average molecular weight is 290 g/mol. The lowest BCUT2D eigenvalue weighted by Crippen LogP contribution is -2.42. The third-order valence-corrected chi connectivity index (χ3v) is 3.63. The molecular formula is C15H18N2O4. The second kappa shape index (κ2) is 6.03. The van der Waals surface area contributed by atoms with Crippen molar-refractivity contribution in [3.63, 3.8) is 0 Å². The van der Waals surface area contributed by atoms with Crippen molar-refractivity contribution < 1.29 is 19.1 Å². The third-order valence-electron chi connectivity index (χ3n) is 3.63. The lowest BCUT2D eigenvalue weighted by atomic mass is 10.1. The molecule has 2 aliphatic heterocycles. The van der Waals surface area contributed by atoms with Gasteiger partial charge in [0.25, 0.3) is 0 Å². The molecule has 0 aromatic heterocycles. The summed E-state index contributed by atoms with van der Waals surface area (Å²) in [7, 11) is 0. The van der Waals surface area contributed by atoms with Crippen molar-refractivity contribution in [3.8, 4) is 11.5 Å². The molecule has 1 fully saturated rings. The number of hydrogen-bond acceptors (Lipinski definition) is 4. The van der Waals surface area contributed by atoms with Crippen molar-refractivity contribution >= 4 is 11.8 Å². The van der Waals surface area contributed by atoms with Crippen molar-refractivity contribution in [2.45, 2.75) is 25.3 Å². The van der Waals surface area contributed by atoms with Gasteiger partial charge in [-0.25, -0.2) is 0 Å². The fourth-order valence-electron chi connectivity index (χ4n) is 2.51. The number of rotatable bonds is 4. The maximum Gasteiger partial charge on any atom is 0.242 e. The SMILES string of the molecule is O=C1CCC(C(=O)NCCc2ccc3c(c2)OCCO3)N1. The first-order valence-corrected chi connectivity index (χ1v) is 7.18. The first-order valence-electron chi connectivity index (χ1n) is 7.18. The van der Waals surface area contributed by atoms with Crippen molar-refractivity contribution in [2.24, 2.45) is 0 Å². The molecule has 112 valence electrons. The molecule has 1 atom stereocenters. The van der Waals surface area contributed by atoms with Gasteiger partial charge in [0.1, 0.15) is 19.3 Å². The number of carbonyl (C=O) groups is 2. The molecule has 2 heterocycles. The van der Waals surface area contributed by atoms with E-state index < -0.39 is 0 Å². The summed E-state index contributed by atoms with van der Waals surface area (Å²) in [6.07, 6.45) is 1.72. The molecule has 6 nitrogen and oxygen atoms in total. The Morgan fingerprint density at radius 1 is 1.29 bits per heavy atom. The summed E-state index contributed by atoms with van der Waals surface area (Å²) in [5, 5.41) is 5.50. The number of ether oxygens (including phenoxy) is 2. The molecule has 1 aromatic rings. The highest BCUT2D eigenvalue weighted by atomic mass is 16.6. The highest BCUT2D eigenvalue weighted by molar-refractivity contribution is 5.90. The summed E-state index contributed by atoms with van der Waals surface area (Å²) in [5.74, 6) is 1.36. The Labute approximate surface area is 122 Å². The Kier molecular flexibility index (Phi) is 3.94. The second-order valence-corrected chi connectivity index (χ2v) is 5.18. The van der Waals surface area contributed by atoms with Crippen LogP contribution in [0.25, 0.3) is 0 Å². The Morgan fingerprint density at radius 3 is 2.86 bits per heavy atom. The van der Waals surface area contributed by atoms with E-state index in [0.29, 0.717) is 39.0 Å². The number of nitrogens with one attached hydrogen (secondary N) is 2. The van der Waals surface area contributed by atoms with Gasteiger partial charge in [-0.05, 0) is 30.5 Å². The zero-order valence-corrected chi connectivity index (χ0v) is 11.7. The average Bonchev–Trinajstić information content (AvgIpc) is 2.94. The minimum absolute atomic E-state index is 0.0537. The van der Waals surface area contributed by atoms with Crippen LogP contribution in [0.2, 0.25) is 0 Å². The van der Waals surface area contributed by atoms with Gasteiger partial charge in [0.05, 0.1) is 0 Å². The Hall–Kier alpha value is -2.24. The molecule has 1 unspecified atom stereocenters. The van der Waals surface area contributed by atoms with Crippen LogP contribution in [0.4, 0.5) is 0 Å². The molecular weight excluding hydrogens is 272 g/mol. The van der Waals surface area contributed by atoms with E-state index in [0.717, 1.165) is 17.1 Å². The predicted octanol–water partition coefficient (Wildman–Crippen LogP) is 0.395. The minimum atomic E-state index is -0.377. The van der Waals surface area contributed by atoms with Gasteiger partial charge < -0.3 is 20.1 Å². The third kappa shape index (κ3) is 3.26. The largest absolute Gasteiger partial charge is 0.486 e. The number of carbonyl (C=O) groups excluding carboxylic acids is 2. The number of fused-ring (bicyclic) bond motifs is 1. The Balaban J connectivity index is 1.49. The summed E-state index contributed by atoms with van der Waals surface area (Å²) >= 11 is 0. The van der Waals surface area contributed by atoms with Gasteiger partial charge in [-0.15, -0.1) is 0 Å². The van der Waals surface area contributed by atoms with Crippen LogP contribution in [0.5, 0.6) is 11.5 Å². The van der Waals surface area contributed by atoms with Crippen LogP contribution in [-0.2, 0) is 16.0 Å². The normalized spacial score (nSPS) is 20.0. The monoisotopic (exact) mass is 290 g/mol. The Bertz CT molecular complexity index is 559. The predicted molar refractivity (Wildman–Crippen MR) is 75.3 cm³/mol. The standard InChI is InChI=1S/C15H18N2O4/c18-14-4-2-11(17-14)15(19)16-6-5-10-1-3-12-13(9-10)21-8-7-20-12/h1,3,9,11H,2,4-8H2,(H,16,19)(H,17,18). The van der Waals surface area contributed by atoms with E-state index in [1.807, 2.05) is 18.2 Å². The molecule has 6 heteroatoms. The van der Waals surface area contributed by atoms with Crippen molar-refractivity contribution in [3.05, 3.63) is 23.8 Å².